The number of hydrogen-bond acceptors (Lipinski definition) is 2. The number of benzene rings is 1. The second-order valence-electron chi connectivity index (χ2n) is 3.65. The first-order chi connectivity index (χ1) is 7.09. The summed E-state index contributed by atoms with van der Waals surface area (Å²) in [7, 11) is 0. The molecule has 0 spiro atoms. The molecule has 15 heavy (non-hydrogen) atoms. The van der Waals surface area contributed by atoms with E-state index < -0.39 is 16.2 Å². The van der Waals surface area contributed by atoms with Gasteiger partial charge in [-0.15, -0.1) is 6.42 Å². The lowest BCUT2D eigenvalue weighted by Crippen LogP contribution is -2.06. The Morgan fingerprint density at radius 2 is 2.20 bits per heavy atom. The molecule has 0 atom stereocenters. The zero-order valence-corrected chi connectivity index (χ0v) is 7.87. The maximum absolute atomic E-state index is 13.5. The van der Waals surface area contributed by atoms with Gasteiger partial charge in [0, 0.05) is 11.6 Å². The summed E-state index contributed by atoms with van der Waals surface area (Å²) in [6.45, 7) is 0. The topological polar surface area (TPSA) is 43.1 Å². The molecule has 0 radical (unpaired) electrons. The molecule has 0 heterocycles. The van der Waals surface area contributed by atoms with Crippen molar-refractivity contribution in [3.8, 4) is 12.3 Å². The van der Waals surface area contributed by atoms with Crippen LogP contribution in [0.1, 0.15) is 18.4 Å². The first-order valence-corrected chi connectivity index (χ1v) is 4.51. The number of nitro benzene ring substituents is 1. The molecule has 0 aliphatic heterocycles. The molecular weight excluding hydrogens is 197 g/mol. The molecule has 1 fully saturated rings. The van der Waals surface area contributed by atoms with Crippen LogP contribution < -0.4 is 0 Å². The van der Waals surface area contributed by atoms with Gasteiger partial charge in [0.25, 0.3) is 5.69 Å². The Labute approximate surface area is 86.1 Å². The summed E-state index contributed by atoms with van der Waals surface area (Å²) in [5, 5.41) is 10.4. The zero-order valence-electron chi connectivity index (χ0n) is 7.87. The van der Waals surface area contributed by atoms with Crippen molar-refractivity contribution < 1.29 is 9.31 Å². The summed E-state index contributed by atoms with van der Waals surface area (Å²) in [5.74, 6) is 1.96. The van der Waals surface area contributed by atoms with Crippen molar-refractivity contribution in [2.75, 3.05) is 0 Å². The van der Waals surface area contributed by atoms with Gasteiger partial charge in [-0.2, -0.15) is 0 Å². The quantitative estimate of drug-likeness (QED) is 0.422. The summed E-state index contributed by atoms with van der Waals surface area (Å²) in [6.07, 6.45) is 6.81. The van der Waals surface area contributed by atoms with Crippen molar-refractivity contribution in [1.29, 1.82) is 0 Å². The molecule has 1 aliphatic carbocycles. The molecule has 3 nitrogen and oxygen atoms in total. The minimum absolute atomic E-state index is 0.246. The van der Waals surface area contributed by atoms with Gasteiger partial charge in [0.15, 0.2) is 0 Å². The Balaban J connectivity index is 2.45. The van der Waals surface area contributed by atoms with Gasteiger partial charge in [-0.25, -0.2) is 4.39 Å². The fourth-order valence-electron chi connectivity index (χ4n) is 1.62. The molecular formula is C11H8FNO2. The first-order valence-electron chi connectivity index (χ1n) is 4.51. The van der Waals surface area contributed by atoms with E-state index in [9.17, 15) is 14.5 Å². The Kier molecular flexibility index (Phi) is 1.97. The third kappa shape index (κ3) is 1.46. The molecule has 0 unspecified atom stereocenters. The summed E-state index contributed by atoms with van der Waals surface area (Å²) in [4.78, 5) is 9.78. The van der Waals surface area contributed by atoms with Crippen molar-refractivity contribution in [2.45, 2.75) is 18.3 Å². The van der Waals surface area contributed by atoms with E-state index >= 15 is 0 Å². The van der Waals surface area contributed by atoms with Crippen LogP contribution in [-0.4, -0.2) is 4.92 Å². The number of terminal acetylenes is 1. The summed E-state index contributed by atoms with van der Waals surface area (Å²) < 4.78 is 13.5. The van der Waals surface area contributed by atoms with Gasteiger partial charge in [0.05, 0.1) is 16.4 Å². The van der Waals surface area contributed by atoms with Crippen LogP contribution in [-0.2, 0) is 5.41 Å². The van der Waals surface area contributed by atoms with Crippen molar-refractivity contribution in [3.05, 3.63) is 39.7 Å². The van der Waals surface area contributed by atoms with Gasteiger partial charge in [0.2, 0.25) is 0 Å². The van der Waals surface area contributed by atoms with Crippen molar-refractivity contribution in [3.63, 3.8) is 0 Å². The fourth-order valence-corrected chi connectivity index (χ4v) is 1.62. The highest BCUT2D eigenvalue weighted by Crippen LogP contribution is 2.48. The van der Waals surface area contributed by atoms with Crippen LogP contribution in [0.2, 0.25) is 0 Å². The van der Waals surface area contributed by atoms with Gasteiger partial charge in [-0.1, -0.05) is 5.92 Å². The Morgan fingerprint density at radius 3 is 2.60 bits per heavy atom. The zero-order chi connectivity index (χ0) is 11.1. The van der Waals surface area contributed by atoms with E-state index in [0.717, 1.165) is 18.9 Å². The monoisotopic (exact) mass is 205 g/mol. The van der Waals surface area contributed by atoms with Gasteiger partial charge >= 0.3 is 0 Å². The molecule has 1 saturated carbocycles. The number of nitro groups is 1. The normalized spacial score (nSPS) is 16.8. The lowest BCUT2D eigenvalue weighted by atomic mass is 9.96. The van der Waals surface area contributed by atoms with Crippen molar-refractivity contribution in [2.24, 2.45) is 0 Å². The Hall–Kier alpha value is -1.89. The molecule has 0 N–H and O–H groups in total. The van der Waals surface area contributed by atoms with E-state index in [-0.39, 0.29) is 5.69 Å². The Morgan fingerprint density at radius 1 is 1.53 bits per heavy atom. The van der Waals surface area contributed by atoms with E-state index in [0.29, 0.717) is 5.56 Å². The van der Waals surface area contributed by atoms with Crippen LogP contribution in [0.5, 0.6) is 0 Å². The highest BCUT2D eigenvalue weighted by molar-refractivity contribution is 5.45. The van der Waals surface area contributed by atoms with E-state index in [4.69, 9.17) is 6.42 Å². The third-order valence-electron chi connectivity index (χ3n) is 2.71. The predicted octanol–water partition coefficient (Wildman–Crippen LogP) is 2.40. The minimum atomic E-state index is -0.623. The highest BCUT2D eigenvalue weighted by atomic mass is 19.1. The van der Waals surface area contributed by atoms with Crippen LogP contribution >= 0.6 is 0 Å². The van der Waals surface area contributed by atoms with Crippen molar-refractivity contribution >= 4 is 5.69 Å². The van der Waals surface area contributed by atoms with Crippen LogP contribution in [0.15, 0.2) is 18.2 Å². The second-order valence-corrected chi connectivity index (χ2v) is 3.65. The average Bonchev–Trinajstić information content (AvgIpc) is 2.98. The predicted molar refractivity (Wildman–Crippen MR) is 52.8 cm³/mol. The van der Waals surface area contributed by atoms with Gasteiger partial charge in [0.1, 0.15) is 5.82 Å². The smallest absolute Gasteiger partial charge is 0.258 e. The minimum Gasteiger partial charge on any atom is -0.258 e. The van der Waals surface area contributed by atoms with Crippen LogP contribution in [0, 0.1) is 28.3 Å². The van der Waals surface area contributed by atoms with Crippen LogP contribution in [0.25, 0.3) is 0 Å². The van der Waals surface area contributed by atoms with E-state index in [2.05, 4.69) is 5.92 Å². The summed E-state index contributed by atoms with van der Waals surface area (Å²) in [6, 6.07) is 3.63. The molecule has 2 rings (SSSR count). The van der Waals surface area contributed by atoms with Gasteiger partial charge in [-0.05, 0) is 18.9 Å². The lowest BCUT2D eigenvalue weighted by molar-refractivity contribution is -0.385. The number of rotatable bonds is 2. The largest absolute Gasteiger partial charge is 0.272 e. The maximum atomic E-state index is 13.5. The molecule has 0 amide bonds. The molecule has 0 bridgehead atoms. The fraction of sp³-hybridized carbons (Fsp3) is 0.273. The number of hydrogen-bond donors (Lipinski definition) is 0. The molecule has 76 valence electrons. The molecule has 1 aliphatic rings. The van der Waals surface area contributed by atoms with Gasteiger partial charge in [-0.3, -0.25) is 10.1 Å². The van der Waals surface area contributed by atoms with Crippen molar-refractivity contribution in [1.82, 2.24) is 0 Å². The Bertz CT molecular complexity index is 472. The molecule has 1 aromatic rings. The number of non-ortho nitro benzene ring substituents is 1. The van der Waals surface area contributed by atoms with Gasteiger partial charge < -0.3 is 0 Å². The second kappa shape index (κ2) is 3.06. The summed E-state index contributed by atoms with van der Waals surface area (Å²) in [5.41, 5.74) is -0.362. The van der Waals surface area contributed by atoms with Crippen LogP contribution in [0.3, 0.4) is 0 Å². The number of nitrogens with zero attached hydrogens (tertiary/aromatic N) is 1. The molecule has 0 saturated heterocycles. The third-order valence-corrected chi connectivity index (χ3v) is 2.71. The lowest BCUT2D eigenvalue weighted by Gasteiger charge is -2.08. The summed E-state index contributed by atoms with van der Waals surface area (Å²) >= 11 is 0. The van der Waals surface area contributed by atoms with Crippen LogP contribution in [0.4, 0.5) is 10.1 Å². The standard InChI is InChI=1S/C11H8FNO2/c1-2-11(5-6-11)9-4-3-8(13(14)15)7-10(9)12/h1,3-4,7H,5-6H2. The van der Waals surface area contributed by atoms with E-state index in [1.165, 1.54) is 12.1 Å². The molecule has 1 aromatic carbocycles. The highest BCUT2D eigenvalue weighted by Gasteiger charge is 2.44. The van der Waals surface area contributed by atoms with E-state index in [1.54, 1.807) is 0 Å². The molecule has 4 heteroatoms. The SMILES string of the molecule is C#CC1(c2ccc([N+](=O)[O-])cc2F)CC1. The maximum Gasteiger partial charge on any atom is 0.272 e. The number of halogens is 1. The average molecular weight is 205 g/mol. The first kappa shape index (κ1) is 9.66. The van der Waals surface area contributed by atoms with E-state index in [1.807, 2.05) is 0 Å². The molecule has 0 aromatic heterocycles.